The van der Waals surface area contributed by atoms with E-state index >= 15 is 0 Å². The number of pyridine rings is 1. The summed E-state index contributed by atoms with van der Waals surface area (Å²) < 4.78 is 2.46. The Balaban J connectivity index is 2.29. The van der Waals surface area contributed by atoms with Gasteiger partial charge in [0.15, 0.2) is 0 Å². The van der Waals surface area contributed by atoms with Gasteiger partial charge < -0.3 is 0 Å². The molecule has 0 saturated heterocycles. The fourth-order valence-corrected chi connectivity index (χ4v) is 1.48. The molecule has 0 unspecified atom stereocenters. The number of H-pyrrole nitrogens is 1. The molecule has 0 fully saturated rings. The SMILES string of the molecule is Cc1n[nH]c(=O)n1Cc1ccc(Br)cn1. The predicted octanol–water partition coefficient (Wildman–Crippen LogP) is 1.09. The van der Waals surface area contributed by atoms with Crippen LogP contribution in [0.2, 0.25) is 0 Å². The van der Waals surface area contributed by atoms with Gasteiger partial charge >= 0.3 is 5.69 Å². The maximum Gasteiger partial charge on any atom is 0.343 e. The third kappa shape index (κ3) is 2.15. The number of nitrogens with one attached hydrogen (secondary N) is 1. The number of aromatic amines is 1. The largest absolute Gasteiger partial charge is 0.343 e. The van der Waals surface area contributed by atoms with Crippen LogP contribution in [0, 0.1) is 6.92 Å². The lowest BCUT2D eigenvalue weighted by Gasteiger charge is -2.01. The normalized spacial score (nSPS) is 10.5. The summed E-state index contributed by atoms with van der Waals surface area (Å²) in [4.78, 5) is 15.5. The molecule has 0 bridgehead atoms. The fourth-order valence-electron chi connectivity index (χ4n) is 1.24. The van der Waals surface area contributed by atoms with E-state index in [9.17, 15) is 4.79 Å². The van der Waals surface area contributed by atoms with Gasteiger partial charge in [0.2, 0.25) is 0 Å². The molecule has 0 amide bonds. The molecule has 0 aliphatic heterocycles. The number of nitrogens with zero attached hydrogens (tertiary/aromatic N) is 3. The van der Waals surface area contributed by atoms with Crippen LogP contribution in [0.15, 0.2) is 27.6 Å². The third-order valence-corrected chi connectivity index (χ3v) is 2.53. The van der Waals surface area contributed by atoms with E-state index in [1.165, 1.54) is 4.57 Å². The third-order valence-electron chi connectivity index (χ3n) is 2.06. The van der Waals surface area contributed by atoms with Crippen molar-refractivity contribution in [2.45, 2.75) is 13.5 Å². The quantitative estimate of drug-likeness (QED) is 0.887. The molecule has 0 radical (unpaired) electrons. The van der Waals surface area contributed by atoms with Crippen LogP contribution < -0.4 is 5.69 Å². The van der Waals surface area contributed by atoms with E-state index in [4.69, 9.17) is 0 Å². The number of aromatic nitrogens is 4. The van der Waals surface area contributed by atoms with E-state index in [1.54, 1.807) is 13.1 Å². The number of rotatable bonds is 2. The van der Waals surface area contributed by atoms with E-state index in [0.29, 0.717) is 12.4 Å². The Labute approximate surface area is 94.3 Å². The van der Waals surface area contributed by atoms with Crippen LogP contribution in [0.1, 0.15) is 11.5 Å². The molecule has 0 atom stereocenters. The van der Waals surface area contributed by atoms with Gasteiger partial charge in [-0.05, 0) is 35.0 Å². The van der Waals surface area contributed by atoms with Crippen LogP contribution in [-0.2, 0) is 6.54 Å². The van der Waals surface area contributed by atoms with Crippen molar-refractivity contribution in [2.75, 3.05) is 0 Å². The van der Waals surface area contributed by atoms with Crippen molar-refractivity contribution in [3.8, 4) is 0 Å². The highest BCUT2D eigenvalue weighted by Gasteiger charge is 2.04. The zero-order valence-electron chi connectivity index (χ0n) is 8.07. The number of hydrogen-bond acceptors (Lipinski definition) is 3. The van der Waals surface area contributed by atoms with Crippen molar-refractivity contribution in [1.82, 2.24) is 19.7 Å². The molecular weight excluding hydrogens is 260 g/mol. The summed E-state index contributed by atoms with van der Waals surface area (Å²) in [5.74, 6) is 0.657. The summed E-state index contributed by atoms with van der Waals surface area (Å²) in [5.41, 5.74) is 0.613. The van der Waals surface area contributed by atoms with Crippen LogP contribution >= 0.6 is 15.9 Å². The average Bonchev–Trinajstić information content (AvgIpc) is 2.53. The molecular formula is C9H9BrN4O. The number of aryl methyl sites for hydroxylation is 1. The topological polar surface area (TPSA) is 63.6 Å². The summed E-state index contributed by atoms with van der Waals surface area (Å²) >= 11 is 3.30. The van der Waals surface area contributed by atoms with Gasteiger partial charge in [0.05, 0.1) is 12.2 Å². The Morgan fingerprint density at radius 2 is 2.33 bits per heavy atom. The Kier molecular flexibility index (Phi) is 2.68. The summed E-state index contributed by atoms with van der Waals surface area (Å²) in [5, 5.41) is 6.21. The first-order valence-electron chi connectivity index (χ1n) is 4.39. The van der Waals surface area contributed by atoms with Crippen molar-refractivity contribution < 1.29 is 0 Å². The molecule has 5 nitrogen and oxygen atoms in total. The van der Waals surface area contributed by atoms with Gasteiger partial charge in [-0.3, -0.25) is 9.55 Å². The van der Waals surface area contributed by atoms with E-state index in [1.807, 2.05) is 12.1 Å². The van der Waals surface area contributed by atoms with Crippen molar-refractivity contribution >= 4 is 15.9 Å². The second kappa shape index (κ2) is 3.98. The second-order valence-electron chi connectivity index (χ2n) is 3.13. The first-order chi connectivity index (χ1) is 7.16. The molecule has 2 heterocycles. The van der Waals surface area contributed by atoms with E-state index < -0.39 is 0 Å². The predicted molar refractivity (Wildman–Crippen MR) is 58.6 cm³/mol. The maximum atomic E-state index is 11.3. The highest BCUT2D eigenvalue weighted by molar-refractivity contribution is 9.10. The molecule has 0 saturated carbocycles. The molecule has 2 aromatic rings. The van der Waals surface area contributed by atoms with Crippen LogP contribution in [0.5, 0.6) is 0 Å². The summed E-state index contributed by atoms with van der Waals surface area (Å²) in [6.45, 7) is 2.21. The van der Waals surface area contributed by atoms with Gasteiger partial charge in [0.1, 0.15) is 5.82 Å². The molecule has 0 aliphatic rings. The number of halogens is 1. The monoisotopic (exact) mass is 268 g/mol. The zero-order chi connectivity index (χ0) is 10.8. The zero-order valence-corrected chi connectivity index (χ0v) is 9.65. The van der Waals surface area contributed by atoms with Crippen molar-refractivity contribution in [1.29, 1.82) is 0 Å². The lowest BCUT2D eigenvalue weighted by atomic mass is 10.3. The van der Waals surface area contributed by atoms with E-state index in [2.05, 4.69) is 31.1 Å². The molecule has 6 heteroatoms. The van der Waals surface area contributed by atoms with Crippen LogP contribution in [0.4, 0.5) is 0 Å². The molecule has 15 heavy (non-hydrogen) atoms. The minimum Gasteiger partial charge on any atom is -0.273 e. The first kappa shape index (κ1) is 10.1. The highest BCUT2D eigenvalue weighted by Crippen LogP contribution is 2.08. The molecule has 0 aromatic carbocycles. The van der Waals surface area contributed by atoms with Gasteiger partial charge in [-0.2, -0.15) is 5.10 Å². The summed E-state index contributed by atoms with van der Waals surface area (Å²) in [6.07, 6.45) is 1.70. The lowest BCUT2D eigenvalue weighted by Crippen LogP contribution is -2.19. The Bertz CT molecular complexity index is 514. The summed E-state index contributed by atoms with van der Waals surface area (Å²) in [6, 6.07) is 3.76. The number of hydrogen-bond donors (Lipinski definition) is 1. The summed E-state index contributed by atoms with van der Waals surface area (Å²) in [7, 11) is 0. The van der Waals surface area contributed by atoms with Crippen molar-refractivity contribution in [3.63, 3.8) is 0 Å². The highest BCUT2D eigenvalue weighted by atomic mass is 79.9. The van der Waals surface area contributed by atoms with E-state index in [-0.39, 0.29) is 5.69 Å². The molecule has 0 aliphatic carbocycles. The van der Waals surface area contributed by atoms with Crippen molar-refractivity contribution in [3.05, 3.63) is 44.8 Å². The van der Waals surface area contributed by atoms with Gasteiger partial charge in [-0.15, -0.1) is 0 Å². The molecule has 2 aromatic heterocycles. The Morgan fingerprint density at radius 1 is 1.53 bits per heavy atom. The minimum absolute atomic E-state index is 0.211. The maximum absolute atomic E-state index is 11.3. The van der Waals surface area contributed by atoms with E-state index in [0.717, 1.165) is 10.2 Å². The Morgan fingerprint density at radius 3 is 2.87 bits per heavy atom. The molecule has 78 valence electrons. The van der Waals surface area contributed by atoms with Gasteiger partial charge in [0.25, 0.3) is 0 Å². The van der Waals surface area contributed by atoms with Crippen LogP contribution in [0.25, 0.3) is 0 Å². The smallest absolute Gasteiger partial charge is 0.273 e. The lowest BCUT2D eigenvalue weighted by molar-refractivity contribution is 0.716. The standard InChI is InChI=1S/C9H9BrN4O/c1-6-12-13-9(15)14(6)5-8-3-2-7(10)4-11-8/h2-4H,5H2,1H3,(H,13,15). The average molecular weight is 269 g/mol. The molecule has 1 N–H and O–H groups in total. The Hall–Kier alpha value is -1.43. The fraction of sp³-hybridized carbons (Fsp3) is 0.222. The second-order valence-corrected chi connectivity index (χ2v) is 4.05. The minimum atomic E-state index is -0.211. The van der Waals surface area contributed by atoms with Crippen LogP contribution in [0.3, 0.4) is 0 Å². The van der Waals surface area contributed by atoms with Gasteiger partial charge in [-0.1, -0.05) is 0 Å². The van der Waals surface area contributed by atoms with Crippen molar-refractivity contribution in [2.24, 2.45) is 0 Å². The molecule has 2 rings (SSSR count). The first-order valence-corrected chi connectivity index (χ1v) is 5.18. The van der Waals surface area contributed by atoms with Gasteiger partial charge in [-0.25, -0.2) is 9.89 Å². The van der Waals surface area contributed by atoms with Gasteiger partial charge in [0, 0.05) is 10.7 Å². The van der Waals surface area contributed by atoms with Crippen LogP contribution in [-0.4, -0.2) is 19.7 Å². The molecule has 0 spiro atoms.